The number of hydrogen-bond donors (Lipinski definition) is 1. The lowest BCUT2D eigenvalue weighted by molar-refractivity contribution is 0.102. The second-order valence-electron chi connectivity index (χ2n) is 6.01. The van der Waals surface area contributed by atoms with Gasteiger partial charge in [-0.2, -0.15) is 4.31 Å². The zero-order valence-corrected chi connectivity index (χ0v) is 16.8. The number of hydrogen-bond acceptors (Lipinski definition) is 7. The number of anilines is 1. The molecule has 0 atom stereocenters. The molecule has 1 aliphatic heterocycles. The van der Waals surface area contributed by atoms with Crippen LogP contribution in [0.1, 0.15) is 25.9 Å². The van der Waals surface area contributed by atoms with Crippen LogP contribution >= 0.6 is 22.7 Å². The van der Waals surface area contributed by atoms with E-state index in [9.17, 15) is 13.2 Å². The van der Waals surface area contributed by atoms with Crippen molar-refractivity contribution in [2.24, 2.45) is 0 Å². The molecule has 3 aromatic heterocycles. The van der Waals surface area contributed by atoms with Crippen molar-refractivity contribution in [1.82, 2.24) is 14.3 Å². The molecule has 1 N–H and O–H groups in total. The quantitative estimate of drug-likeness (QED) is 0.701. The van der Waals surface area contributed by atoms with Crippen molar-refractivity contribution in [3.05, 3.63) is 57.7 Å². The van der Waals surface area contributed by atoms with Gasteiger partial charge in [0.15, 0.2) is 5.13 Å². The number of sulfonamides is 1. The molecule has 0 aliphatic carbocycles. The van der Waals surface area contributed by atoms with Gasteiger partial charge in [0.2, 0.25) is 0 Å². The first-order valence-corrected chi connectivity index (χ1v) is 11.3. The molecule has 1 amide bonds. The number of nitrogens with one attached hydrogen (secondary N) is 1. The number of amides is 1. The number of thiophene rings is 1. The number of aromatic nitrogens is 2. The van der Waals surface area contributed by atoms with Gasteiger partial charge in [-0.25, -0.2) is 13.4 Å². The van der Waals surface area contributed by atoms with Gasteiger partial charge in [0.25, 0.3) is 15.9 Å². The van der Waals surface area contributed by atoms with Crippen molar-refractivity contribution >= 4 is 43.7 Å². The number of thiazole rings is 1. The summed E-state index contributed by atoms with van der Waals surface area (Å²) in [4.78, 5) is 22.5. The van der Waals surface area contributed by atoms with E-state index >= 15 is 0 Å². The fraction of sp³-hybridized carbons (Fsp3) is 0.235. The number of carbonyl (C=O) groups is 1. The van der Waals surface area contributed by atoms with E-state index in [1.165, 1.54) is 27.0 Å². The zero-order valence-electron chi connectivity index (χ0n) is 14.4. The molecule has 0 radical (unpaired) electrons. The molecule has 0 spiro atoms. The molecule has 27 heavy (non-hydrogen) atoms. The van der Waals surface area contributed by atoms with Gasteiger partial charge in [-0.15, -0.1) is 22.7 Å². The monoisotopic (exact) mass is 420 g/mol. The SMILES string of the molecule is Cc1ccc(S(=O)(=O)N2CCc3nc(NC(=O)c4ccccn4)sc3C2)s1. The first kappa shape index (κ1) is 18.2. The molecule has 1 aliphatic rings. The Balaban J connectivity index is 1.52. The van der Waals surface area contributed by atoms with Crippen molar-refractivity contribution < 1.29 is 13.2 Å². The number of nitrogens with zero attached hydrogens (tertiary/aromatic N) is 3. The highest BCUT2D eigenvalue weighted by Gasteiger charge is 2.31. The molecule has 140 valence electrons. The fourth-order valence-corrected chi connectivity index (χ4v) is 6.71. The minimum Gasteiger partial charge on any atom is -0.296 e. The smallest absolute Gasteiger partial charge is 0.276 e. The number of carbonyl (C=O) groups excluding carboxylic acids is 1. The molecule has 0 saturated heterocycles. The van der Waals surface area contributed by atoms with Crippen molar-refractivity contribution in [3.63, 3.8) is 0 Å². The van der Waals surface area contributed by atoms with E-state index in [2.05, 4.69) is 15.3 Å². The van der Waals surface area contributed by atoms with Crippen LogP contribution in [0.25, 0.3) is 0 Å². The summed E-state index contributed by atoms with van der Waals surface area (Å²) in [7, 11) is -3.51. The maximum atomic E-state index is 12.8. The highest BCUT2D eigenvalue weighted by Crippen LogP contribution is 2.32. The second kappa shape index (κ2) is 7.12. The van der Waals surface area contributed by atoms with Crippen molar-refractivity contribution in [1.29, 1.82) is 0 Å². The summed E-state index contributed by atoms with van der Waals surface area (Å²) < 4.78 is 27.5. The minimum absolute atomic E-state index is 0.270. The van der Waals surface area contributed by atoms with E-state index in [1.54, 1.807) is 30.5 Å². The van der Waals surface area contributed by atoms with Gasteiger partial charge in [0.1, 0.15) is 9.90 Å². The predicted octanol–water partition coefficient (Wildman–Crippen LogP) is 2.91. The highest BCUT2D eigenvalue weighted by molar-refractivity contribution is 7.91. The molecule has 4 rings (SSSR count). The summed E-state index contributed by atoms with van der Waals surface area (Å²) in [5.41, 5.74) is 1.15. The van der Waals surface area contributed by atoms with E-state index in [-0.39, 0.29) is 12.5 Å². The minimum atomic E-state index is -3.51. The maximum absolute atomic E-state index is 12.8. The molecule has 0 fully saturated rings. The van der Waals surface area contributed by atoms with Crippen LogP contribution in [0.3, 0.4) is 0 Å². The average molecular weight is 421 g/mol. The van der Waals surface area contributed by atoms with Gasteiger partial charge in [-0.1, -0.05) is 6.07 Å². The van der Waals surface area contributed by atoms with Crippen molar-refractivity contribution in [3.8, 4) is 0 Å². The number of rotatable bonds is 4. The lowest BCUT2D eigenvalue weighted by atomic mass is 10.2. The first-order chi connectivity index (χ1) is 12.9. The summed E-state index contributed by atoms with van der Waals surface area (Å²) in [6.07, 6.45) is 2.08. The fourth-order valence-electron chi connectivity index (χ4n) is 2.77. The van der Waals surface area contributed by atoms with Crippen molar-refractivity contribution in [2.45, 2.75) is 24.1 Å². The Kier molecular flexibility index (Phi) is 4.81. The molecule has 10 heteroatoms. The Morgan fingerprint density at radius 2 is 2.07 bits per heavy atom. The van der Waals surface area contributed by atoms with E-state index in [0.717, 1.165) is 15.4 Å². The largest absolute Gasteiger partial charge is 0.296 e. The molecular weight excluding hydrogens is 404 g/mol. The zero-order chi connectivity index (χ0) is 19.0. The van der Waals surface area contributed by atoms with Crippen LogP contribution in [-0.4, -0.2) is 35.1 Å². The Morgan fingerprint density at radius 3 is 2.78 bits per heavy atom. The average Bonchev–Trinajstić information content (AvgIpc) is 3.27. The van der Waals surface area contributed by atoms with Gasteiger partial charge in [0.05, 0.1) is 12.2 Å². The normalized spacial score (nSPS) is 14.7. The summed E-state index contributed by atoms with van der Waals surface area (Å²) in [6.45, 7) is 2.53. The maximum Gasteiger partial charge on any atom is 0.276 e. The van der Waals surface area contributed by atoms with Crippen molar-refractivity contribution in [2.75, 3.05) is 11.9 Å². The van der Waals surface area contributed by atoms with Gasteiger partial charge in [-0.3, -0.25) is 15.1 Å². The number of fused-ring (bicyclic) bond motifs is 1. The molecular formula is C17H16N4O3S3. The van der Waals surface area contributed by atoms with E-state index in [4.69, 9.17) is 0 Å². The third-order valence-electron chi connectivity index (χ3n) is 4.12. The molecule has 0 unspecified atom stereocenters. The van der Waals surface area contributed by atoms with Gasteiger partial charge in [0, 0.05) is 28.9 Å². The molecule has 3 aromatic rings. The lowest BCUT2D eigenvalue weighted by Crippen LogP contribution is -2.35. The van der Waals surface area contributed by atoms with Gasteiger partial charge in [-0.05, 0) is 31.2 Å². The Hall–Kier alpha value is -2.14. The summed E-state index contributed by atoms with van der Waals surface area (Å²) >= 11 is 2.58. The molecule has 4 heterocycles. The standard InChI is InChI=1S/C17H16N4O3S3/c1-11-5-6-15(25-11)27(23,24)21-9-7-12-14(10-21)26-17(19-12)20-16(22)13-4-2-3-8-18-13/h2-6,8H,7,9-10H2,1H3,(H,19,20,22). The van der Waals surface area contributed by atoms with Crippen LogP contribution in [0.5, 0.6) is 0 Å². The highest BCUT2D eigenvalue weighted by atomic mass is 32.2. The van der Waals surface area contributed by atoms with E-state index < -0.39 is 10.0 Å². The van der Waals surface area contributed by atoms with Crippen LogP contribution in [0.4, 0.5) is 5.13 Å². The van der Waals surface area contributed by atoms with E-state index in [1.807, 2.05) is 13.0 Å². The predicted molar refractivity (Wildman–Crippen MR) is 105 cm³/mol. The van der Waals surface area contributed by atoms with Crippen LogP contribution in [-0.2, 0) is 23.0 Å². The summed E-state index contributed by atoms with van der Waals surface area (Å²) in [5.74, 6) is -0.333. The molecule has 0 saturated carbocycles. The van der Waals surface area contributed by atoms with Crippen LogP contribution in [0.2, 0.25) is 0 Å². The van der Waals surface area contributed by atoms with Gasteiger partial charge >= 0.3 is 0 Å². The third-order valence-corrected chi connectivity index (χ3v) is 8.44. The lowest BCUT2D eigenvalue weighted by Gasteiger charge is -2.24. The number of aryl methyl sites for hydroxylation is 1. The molecule has 0 aromatic carbocycles. The Morgan fingerprint density at radius 1 is 1.22 bits per heavy atom. The van der Waals surface area contributed by atoms with Gasteiger partial charge < -0.3 is 0 Å². The molecule has 0 bridgehead atoms. The summed E-state index contributed by atoms with van der Waals surface area (Å²) in [5, 5.41) is 3.20. The second-order valence-corrected chi connectivity index (χ2v) is 10.5. The topological polar surface area (TPSA) is 92.3 Å². The third kappa shape index (κ3) is 3.65. The molecule has 7 nitrogen and oxygen atoms in total. The van der Waals surface area contributed by atoms with Crippen LogP contribution < -0.4 is 5.32 Å². The van der Waals surface area contributed by atoms with Crippen LogP contribution in [0, 0.1) is 6.92 Å². The van der Waals surface area contributed by atoms with E-state index in [0.29, 0.717) is 28.0 Å². The summed E-state index contributed by atoms with van der Waals surface area (Å²) in [6, 6.07) is 8.56. The Bertz CT molecular complexity index is 1090. The first-order valence-electron chi connectivity index (χ1n) is 8.21. The Labute approximate surface area is 164 Å². The number of pyridine rings is 1. The van der Waals surface area contributed by atoms with Crippen LogP contribution in [0.15, 0.2) is 40.7 Å².